The van der Waals surface area contributed by atoms with Crippen LogP contribution in [0.2, 0.25) is 0 Å². The fourth-order valence-electron chi connectivity index (χ4n) is 3.19. The van der Waals surface area contributed by atoms with Crippen LogP contribution < -0.4 is 0 Å². The lowest BCUT2D eigenvalue weighted by Gasteiger charge is -2.44. The zero-order chi connectivity index (χ0) is 17.3. The molecule has 1 aromatic rings. The summed E-state index contributed by atoms with van der Waals surface area (Å²) in [6, 6.07) is 7.90. The lowest BCUT2D eigenvalue weighted by Crippen LogP contribution is -2.57. The third-order valence-corrected chi connectivity index (χ3v) is 4.23. The first kappa shape index (κ1) is 16.6. The highest BCUT2D eigenvalue weighted by molar-refractivity contribution is 5.75. The Bertz CT molecular complexity index is 691. The number of fused-ring (bicyclic) bond motifs is 2. The van der Waals surface area contributed by atoms with Crippen LogP contribution in [-0.2, 0) is 9.47 Å². The average Bonchev–Trinajstić information content (AvgIpc) is 2.52. The highest BCUT2D eigenvalue weighted by Crippen LogP contribution is 2.33. The topological polar surface area (TPSA) is 38.8 Å². The van der Waals surface area contributed by atoms with Crippen LogP contribution in [0.1, 0.15) is 38.3 Å². The third-order valence-electron chi connectivity index (χ3n) is 4.23. The monoisotopic (exact) mass is 325 g/mol. The van der Waals surface area contributed by atoms with Crippen molar-refractivity contribution in [2.24, 2.45) is 0 Å². The van der Waals surface area contributed by atoms with Gasteiger partial charge in [-0.15, -0.1) is 6.42 Å². The van der Waals surface area contributed by atoms with Gasteiger partial charge in [-0.25, -0.2) is 4.79 Å². The summed E-state index contributed by atoms with van der Waals surface area (Å²) >= 11 is 0. The van der Waals surface area contributed by atoms with Crippen LogP contribution in [0.25, 0.3) is 5.57 Å². The first-order valence-corrected chi connectivity index (χ1v) is 8.24. The maximum Gasteiger partial charge on any atom is 0.411 e. The van der Waals surface area contributed by atoms with Gasteiger partial charge in [-0.3, -0.25) is 4.90 Å². The second-order valence-corrected chi connectivity index (χ2v) is 7.26. The molecule has 0 saturated carbocycles. The van der Waals surface area contributed by atoms with E-state index in [9.17, 15) is 4.79 Å². The lowest BCUT2D eigenvalue weighted by molar-refractivity contribution is -0.0510. The second kappa shape index (κ2) is 6.33. The minimum absolute atomic E-state index is 0.00547. The Hall–Kier alpha value is -2.25. The van der Waals surface area contributed by atoms with Crippen molar-refractivity contribution in [1.29, 1.82) is 0 Å². The van der Waals surface area contributed by atoms with Gasteiger partial charge in [0, 0.05) is 5.56 Å². The van der Waals surface area contributed by atoms with E-state index >= 15 is 0 Å². The Kier molecular flexibility index (Phi) is 4.38. The number of nitrogens with zero attached hydrogens (tertiary/aromatic N) is 1. The summed E-state index contributed by atoms with van der Waals surface area (Å²) in [6.45, 7) is 6.69. The number of ether oxygens (including phenoxy) is 2. The molecule has 2 aliphatic rings. The van der Waals surface area contributed by atoms with Crippen molar-refractivity contribution >= 4 is 11.7 Å². The molecular weight excluding hydrogens is 302 g/mol. The highest BCUT2D eigenvalue weighted by atomic mass is 16.6. The molecule has 24 heavy (non-hydrogen) atoms. The van der Waals surface area contributed by atoms with Crippen molar-refractivity contribution < 1.29 is 14.3 Å². The van der Waals surface area contributed by atoms with Crippen molar-refractivity contribution in [3.8, 4) is 12.3 Å². The van der Waals surface area contributed by atoms with Crippen molar-refractivity contribution in [3.63, 3.8) is 0 Å². The van der Waals surface area contributed by atoms with Crippen LogP contribution in [0, 0.1) is 12.3 Å². The Morgan fingerprint density at radius 2 is 2.00 bits per heavy atom. The van der Waals surface area contributed by atoms with E-state index in [1.807, 2.05) is 49.9 Å². The van der Waals surface area contributed by atoms with Gasteiger partial charge in [0.1, 0.15) is 5.60 Å². The normalized spacial score (nSPS) is 23.2. The van der Waals surface area contributed by atoms with E-state index in [0.717, 1.165) is 17.5 Å². The summed E-state index contributed by atoms with van der Waals surface area (Å²) < 4.78 is 11.2. The maximum atomic E-state index is 12.6. The molecule has 126 valence electrons. The summed E-state index contributed by atoms with van der Waals surface area (Å²) in [6.07, 6.45) is 8.02. The predicted molar refractivity (Wildman–Crippen MR) is 93.4 cm³/mol. The van der Waals surface area contributed by atoms with Gasteiger partial charge in [0.05, 0.1) is 25.3 Å². The van der Waals surface area contributed by atoms with E-state index in [0.29, 0.717) is 13.2 Å². The first-order valence-electron chi connectivity index (χ1n) is 8.24. The van der Waals surface area contributed by atoms with Gasteiger partial charge in [-0.1, -0.05) is 24.1 Å². The van der Waals surface area contributed by atoms with E-state index in [1.54, 1.807) is 0 Å². The fraction of sp³-hybridized carbons (Fsp3) is 0.450. The number of benzene rings is 1. The second-order valence-electron chi connectivity index (χ2n) is 7.26. The van der Waals surface area contributed by atoms with Gasteiger partial charge in [0.25, 0.3) is 0 Å². The van der Waals surface area contributed by atoms with Gasteiger partial charge in [0.15, 0.2) is 0 Å². The molecule has 2 heterocycles. The minimum Gasteiger partial charge on any atom is -0.444 e. The summed E-state index contributed by atoms with van der Waals surface area (Å²) in [5, 5.41) is 0. The molecule has 0 radical (unpaired) electrons. The number of carbonyl (C=O) groups is 1. The highest BCUT2D eigenvalue weighted by Gasteiger charge is 2.40. The Morgan fingerprint density at radius 1 is 1.29 bits per heavy atom. The van der Waals surface area contributed by atoms with Crippen molar-refractivity contribution in [3.05, 3.63) is 41.5 Å². The summed E-state index contributed by atoms with van der Waals surface area (Å²) in [4.78, 5) is 14.4. The van der Waals surface area contributed by atoms with E-state index < -0.39 is 5.60 Å². The molecule has 1 saturated heterocycles. The molecule has 0 N–H and O–H groups in total. The average molecular weight is 325 g/mol. The van der Waals surface area contributed by atoms with Crippen molar-refractivity contribution in [2.75, 3.05) is 13.2 Å². The molecule has 4 heteroatoms. The van der Waals surface area contributed by atoms with E-state index in [4.69, 9.17) is 15.9 Å². The number of hydrogen-bond donors (Lipinski definition) is 0. The summed E-state index contributed by atoms with van der Waals surface area (Å²) in [5.41, 5.74) is 2.75. The molecule has 2 bridgehead atoms. The molecule has 2 atom stereocenters. The molecule has 1 fully saturated rings. The number of terminal acetylenes is 1. The molecular formula is C20H23NO3. The number of morpholine rings is 1. The van der Waals surface area contributed by atoms with Crippen LogP contribution in [0.5, 0.6) is 0 Å². The van der Waals surface area contributed by atoms with Gasteiger partial charge in [-0.2, -0.15) is 0 Å². The SMILES string of the molecule is C#Cc1ccc(C2=CC3COCC(C2)N3C(=O)OC(C)(C)C)cc1. The quantitative estimate of drug-likeness (QED) is 0.742. The molecule has 0 aliphatic carbocycles. The number of amides is 1. The van der Waals surface area contributed by atoms with E-state index in [2.05, 4.69) is 12.0 Å². The molecule has 2 unspecified atom stereocenters. The zero-order valence-electron chi connectivity index (χ0n) is 14.4. The maximum absolute atomic E-state index is 12.6. The van der Waals surface area contributed by atoms with Crippen LogP contribution in [0.15, 0.2) is 30.3 Å². The van der Waals surface area contributed by atoms with Gasteiger partial charge < -0.3 is 9.47 Å². The lowest BCUT2D eigenvalue weighted by atomic mass is 9.90. The predicted octanol–water partition coefficient (Wildman–Crippen LogP) is 3.46. The minimum atomic E-state index is -0.499. The van der Waals surface area contributed by atoms with Gasteiger partial charge in [0.2, 0.25) is 0 Å². The van der Waals surface area contributed by atoms with Crippen LogP contribution in [-0.4, -0.2) is 41.9 Å². The third kappa shape index (κ3) is 3.47. The zero-order valence-corrected chi connectivity index (χ0v) is 14.4. The van der Waals surface area contributed by atoms with Crippen molar-refractivity contribution in [1.82, 2.24) is 4.90 Å². The Morgan fingerprint density at radius 3 is 2.58 bits per heavy atom. The Balaban J connectivity index is 1.84. The van der Waals surface area contributed by atoms with E-state index in [-0.39, 0.29) is 18.2 Å². The van der Waals surface area contributed by atoms with Crippen molar-refractivity contribution in [2.45, 2.75) is 44.9 Å². The molecule has 2 aliphatic heterocycles. The summed E-state index contributed by atoms with van der Waals surface area (Å²) in [7, 11) is 0. The van der Waals surface area contributed by atoms with Crippen LogP contribution in [0.4, 0.5) is 4.79 Å². The molecule has 4 nitrogen and oxygen atoms in total. The summed E-state index contributed by atoms with van der Waals surface area (Å²) in [5.74, 6) is 2.63. The molecule has 3 rings (SSSR count). The van der Waals surface area contributed by atoms with Crippen LogP contribution >= 0.6 is 0 Å². The molecule has 0 aromatic heterocycles. The van der Waals surface area contributed by atoms with Gasteiger partial charge >= 0.3 is 6.09 Å². The van der Waals surface area contributed by atoms with Gasteiger partial charge in [-0.05, 0) is 50.5 Å². The standard InChI is InChI=1S/C20H23NO3/c1-5-14-6-8-15(9-7-14)16-10-17-12-23-13-18(11-16)21(17)19(22)24-20(2,3)4/h1,6-10,17-18H,11-13H2,2-4H3. The first-order chi connectivity index (χ1) is 11.4. The fourth-order valence-corrected chi connectivity index (χ4v) is 3.19. The van der Waals surface area contributed by atoms with Crippen LogP contribution in [0.3, 0.4) is 0 Å². The number of hydrogen-bond acceptors (Lipinski definition) is 3. The number of rotatable bonds is 1. The molecule has 1 aromatic carbocycles. The molecule has 1 amide bonds. The van der Waals surface area contributed by atoms with E-state index in [1.165, 1.54) is 5.57 Å². The number of carbonyl (C=O) groups excluding carboxylic acids is 1. The largest absolute Gasteiger partial charge is 0.444 e. The Labute approximate surface area is 143 Å². The molecule has 0 spiro atoms. The smallest absolute Gasteiger partial charge is 0.411 e.